The first-order valence-corrected chi connectivity index (χ1v) is 6.67. The smallest absolute Gasteiger partial charge is 0.241 e. The van der Waals surface area contributed by atoms with E-state index in [0.29, 0.717) is 11.3 Å². The van der Waals surface area contributed by atoms with Gasteiger partial charge in [0.25, 0.3) is 0 Å². The van der Waals surface area contributed by atoms with E-state index in [1.54, 1.807) is 26.8 Å². The van der Waals surface area contributed by atoms with E-state index in [1.807, 2.05) is 0 Å². The molecule has 0 fully saturated rings. The highest BCUT2D eigenvalue weighted by Crippen LogP contribution is 2.19. The second kappa shape index (κ2) is 4.64. The number of hydrogen-bond donors (Lipinski definition) is 3. The maximum absolute atomic E-state index is 12.1. The molecule has 17 heavy (non-hydrogen) atoms. The first kappa shape index (κ1) is 14.0. The maximum atomic E-state index is 12.1. The van der Waals surface area contributed by atoms with Crippen molar-refractivity contribution in [2.45, 2.75) is 31.2 Å². The van der Waals surface area contributed by atoms with Crippen molar-refractivity contribution in [3.05, 3.63) is 23.8 Å². The van der Waals surface area contributed by atoms with Crippen LogP contribution in [-0.2, 0) is 10.0 Å². The zero-order valence-electron chi connectivity index (χ0n) is 10.2. The van der Waals surface area contributed by atoms with Gasteiger partial charge >= 0.3 is 0 Å². The summed E-state index contributed by atoms with van der Waals surface area (Å²) in [5, 5.41) is 9.07. The average Bonchev–Trinajstić information content (AvgIpc) is 2.15. The Morgan fingerprint density at radius 2 is 2.00 bits per heavy atom. The lowest BCUT2D eigenvalue weighted by Crippen LogP contribution is -2.46. The number of aliphatic hydroxyl groups excluding tert-OH is 1. The van der Waals surface area contributed by atoms with Crippen LogP contribution in [0.4, 0.5) is 5.69 Å². The van der Waals surface area contributed by atoms with Crippen molar-refractivity contribution in [1.82, 2.24) is 4.72 Å². The predicted molar refractivity (Wildman–Crippen MR) is 67.1 cm³/mol. The van der Waals surface area contributed by atoms with Crippen molar-refractivity contribution in [3.63, 3.8) is 0 Å². The fourth-order valence-corrected chi connectivity index (χ4v) is 3.06. The van der Waals surface area contributed by atoms with E-state index in [2.05, 4.69) is 4.72 Å². The second-order valence-electron chi connectivity index (χ2n) is 4.67. The molecule has 0 aromatic heterocycles. The molecule has 0 aliphatic carbocycles. The number of hydrogen-bond acceptors (Lipinski definition) is 4. The van der Waals surface area contributed by atoms with Crippen LogP contribution in [-0.4, -0.2) is 25.7 Å². The number of nitrogens with two attached hydrogens (primary N) is 1. The highest BCUT2D eigenvalue weighted by molar-refractivity contribution is 7.89. The minimum Gasteiger partial charge on any atom is -0.399 e. The van der Waals surface area contributed by atoms with Crippen molar-refractivity contribution in [2.75, 3.05) is 12.3 Å². The molecule has 4 N–H and O–H groups in total. The van der Waals surface area contributed by atoms with E-state index in [9.17, 15) is 8.42 Å². The van der Waals surface area contributed by atoms with Gasteiger partial charge in [-0.05, 0) is 44.5 Å². The molecular weight excluding hydrogens is 240 g/mol. The van der Waals surface area contributed by atoms with Crippen LogP contribution >= 0.6 is 0 Å². The van der Waals surface area contributed by atoms with Gasteiger partial charge in [-0.3, -0.25) is 0 Å². The number of aryl methyl sites for hydroxylation is 1. The third kappa shape index (κ3) is 3.42. The lowest BCUT2D eigenvalue weighted by Gasteiger charge is -2.23. The van der Waals surface area contributed by atoms with Crippen molar-refractivity contribution >= 4 is 15.7 Å². The van der Waals surface area contributed by atoms with Gasteiger partial charge in [0.2, 0.25) is 10.0 Å². The van der Waals surface area contributed by atoms with Gasteiger partial charge in [0.15, 0.2) is 0 Å². The summed E-state index contributed by atoms with van der Waals surface area (Å²) in [4.78, 5) is 0.174. The van der Waals surface area contributed by atoms with Crippen LogP contribution in [0.5, 0.6) is 0 Å². The highest BCUT2D eigenvalue weighted by atomic mass is 32.2. The molecule has 5 nitrogen and oxygen atoms in total. The zero-order chi connectivity index (χ0) is 13.3. The Morgan fingerprint density at radius 1 is 1.41 bits per heavy atom. The molecule has 96 valence electrons. The third-order valence-corrected chi connectivity index (χ3v) is 4.15. The van der Waals surface area contributed by atoms with Crippen LogP contribution in [0.25, 0.3) is 0 Å². The minimum atomic E-state index is -3.64. The Balaban J connectivity index is 3.14. The fourth-order valence-electron chi connectivity index (χ4n) is 1.43. The van der Waals surface area contributed by atoms with Gasteiger partial charge in [-0.2, -0.15) is 0 Å². The molecule has 0 amide bonds. The molecule has 1 aromatic rings. The lowest BCUT2D eigenvalue weighted by molar-refractivity contribution is 0.208. The van der Waals surface area contributed by atoms with Crippen LogP contribution in [0.1, 0.15) is 19.4 Å². The number of aliphatic hydroxyl groups is 1. The van der Waals surface area contributed by atoms with Crippen molar-refractivity contribution in [3.8, 4) is 0 Å². The Morgan fingerprint density at radius 3 is 2.47 bits per heavy atom. The van der Waals surface area contributed by atoms with E-state index in [1.165, 1.54) is 12.1 Å². The summed E-state index contributed by atoms with van der Waals surface area (Å²) in [6.07, 6.45) is 0. The Kier molecular flexibility index (Phi) is 3.81. The van der Waals surface area contributed by atoms with Gasteiger partial charge in [0.1, 0.15) is 0 Å². The van der Waals surface area contributed by atoms with E-state index in [4.69, 9.17) is 10.8 Å². The number of nitrogens with one attached hydrogen (secondary N) is 1. The van der Waals surface area contributed by atoms with Crippen LogP contribution in [0.15, 0.2) is 23.1 Å². The lowest BCUT2D eigenvalue weighted by atomic mass is 10.1. The summed E-state index contributed by atoms with van der Waals surface area (Å²) < 4.78 is 26.6. The van der Waals surface area contributed by atoms with Crippen LogP contribution in [0.2, 0.25) is 0 Å². The standard InChI is InChI=1S/C11H18N2O3S/c1-8-6-9(12)4-5-10(8)17(15,16)13-11(2,3)7-14/h4-6,13-14H,7,12H2,1-3H3. The van der Waals surface area contributed by atoms with Crippen LogP contribution < -0.4 is 10.5 Å². The molecule has 0 saturated heterocycles. The number of nitrogen functional groups attached to an aromatic ring is 1. The van der Waals surface area contributed by atoms with Crippen LogP contribution in [0, 0.1) is 6.92 Å². The SMILES string of the molecule is Cc1cc(N)ccc1S(=O)(=O)NC(C)(C)CO. The van der Waals surface area contributed by atoms with Crippen molar-refractivity contribution in [2.24, 2.45) is 0 Å². The summed E-state index contributed by atoms with van der Waals surface area (Å²) in [5.74, 6) is 0. The Bertz CT molecular complexity index is 509. The number of sulfonamides is 1. The Hall–Kier alpha value is -1.11. The molecule has 1 aromatic carbocycles. The van der Waals surface area contributed by atoms with Gasteiger partial charge in [0.05, 0.1) is 17.0 Å². The summed E-state index contributed by atoms with van der Waals surface area (Å²) in [7, 11) is -3.64. The molecule has 0 saturated carbocycles. The molecule has 0 unspecified atom stereocenters. The third-order valence-electron chi connectivity index (χ3n) is 2.29. The molecular formula is C11H18N2O3S. The number of rotatable bonds is 4. The van der Waals surface area contributed by atoms with E-state index < -0.39 is 15.6 Å². The first-order chi connectivity index (χ1) is 7.68. The quantitative estimate of drug-likeness (QED) is 0.690. The average molecular weight is 258 g/mol. The minimum absolute atomic E-state index is 0.174. The van der Waals surface area contributed by atoms with E-state index in [-0.39, 0.29) is 11.5 Å². The topological polar surface area (TPSA) is 92.4 Å². The van der Waals surface area contributed by atoms with Gasteiger partial charge in [0, 0.05) is 5.69 Å². The maximum Gasteiger partial charge on any atom is 0.241 e. The summed E-state index contributed by atoms with van der Waals surface area (Å²) >= 11 is 0. The Labute approximate surface area is 102 Å². The van der Waals surface area contributed by atoms with Crippen molar-refractivity contribution < 1.29 is 13.5 Å². The molecule has 0 heterocycles. The second-order valence-corrected chi connectivity index (χ2v) is 6.32. The summed E-state index contributed by atoms with van der Waals surface area (Å²) in [6.45, 7) is 4.62. The molecule has 6 heteroatoms. The fraction of sp³-hybridized carbons (Fsp3) is 0.455. The van der Waals surface area contributed by atoms with Crippen LogP contribution in [0.3, 0.4) is 0 Å². The molecule has 0 radical (unpaired) electrons. The molecule has 0 aliphatic rings. The molecule has 0 atom stereocenters. The summed E-state index contributed by atoms with van der Waals surface area (Å²) in [5.41, 5.74) is 5.76. The molecule has 0 spiro atoms. The first-order valence-electron chi connectivity index (χ1n) is 5.19. The van der Waals surface area contributed by atoms with E-state index in [0.717, 1.165) is 0 Å². The van der Waals surface area contributed by atoms with Gasteiger partial charge < -0.3 is 10.8 Å². The van der Waals surface area contributed by atoms with Crippen molar-refractivity contribution in [1.29, 1.82) is 0 Å². The molecule has 1 rings (SSSR count). The van der Waals surface area contributed by atoms with Gasteiger partial charge in [-0.1, -0.05) is 0 Å². The zero-order valence-corrected chi connectivity index (χ0v) is 11.0. The summed E-state index contributed by atoms with van der Waals surface area (Å²) in [6, 6.07) is 4.59. The molecule has 0 aliphatic heterocycles. The number of anilines is 1. The molecule has 0 bridgehead atoms. The normalized spacial score (nSPS) is 12.7. The largest absolute Gasteiger partial charge is 0.399 e. The van der Waals surface area contributed by atoms with Gasteiger partial charge in [-0.15, -0.1) is 0 Å². The highest BCUT2D eigenvalue weighted by Gasteiger charge is 2.26. The number of benzene rings is 1. The monoisotopic (exact) mass is 258 g/mol. The van der Waals surface area contributed by atoms with Gasteiger partial charge in [-0.25, -0.2) is 13.1 Å². The predicted octanol–water partition coefficient (Wildman–Crippen LogP) is 0.626. The van der Waals surface area contributed by atoms with E-state index >= 15 is 0 Å².